The van der Waals surface area contributed by atoms with Crippen LogP contribution in [0, 0.1) is 17.6 Å². The number of aliphatic imine (C=N–C) groups is 1. The molecule has 3 aromatic rings. The van der Waals surface area contributed by atoms with E-state index in [1.165, 1.54) is 29.5 Å². The predicted molar refractivity (Wildman–Crippen MR) is 109 cm³/mol. The molecule has 0 bridgehead atoms. The van der Waals surface area contributed by atoms with Crippen molar-refractivity contribution < 1.29 is 17.6 Å². The Labute approximate surface area is 179 Å². The summed E-state index contributed by atoms with van der Waals surface area (Å²) < 4.78 is 58.7. The summed E-state index contributed by atoms with van der Waals surface area (Å²) in [5.74, 6) is -0.513. The fraction of sp³-hybridized carbons (Fsp3) is 0.409. The second-order valence-electron chi connectivity index (χ2n) is 8.46. The van der Waals surface area contributed by atoms with Crippen LogP contribution >= 0.6 is 11.3 Å². The average Bonchev–Trinajstić information content (AvgIpc) is 3.21. The van der Waals surface area contributed by atoms with Gasteiger partial charge in [0.05, 0.1) is 11.3 Å². The van der Waals surface area contributed by atoms with Crippen LogP contribution in [-0.2, 0) is 12.8 Å². The minimum atomic E-state index is -2.45. The summed E-state index contributed by atoms with van der Waals surface area (Å²) in [6.07, 6.45) is -0.00767. The van der Waals surface area contributed by atoms with Gasteiger partial charge in [0.2, 0.25) is 6.43 Å². The lowest BCUT2D eigenvalue weighted by atomic mass is 9.97. The van der Waals surface area contributed by atoms with Gasteiger partial charge in [0.1, 0.15) is 28.5 Å². The van der Waals surface area contributed by atoms with Crippen LogP contribution in [0.25, 0.3) is 5.00 Å². The van der Waals surface area contributed by atoms with Crippen molar-refractivity contribution in [2.24, 2.45) is 10.9 Å². The molecule has 2 aromatic heterocycles. The predicted octanol–water partition coefficient (Wildman–Crippen LogP) is 5.38. The molecular weight excluding hydrogens is 428 g/mol. The quantitative estimate of drug-likeness (QED) is 0.507. The Morgan fingerprint density at radius 2 is 1.74 bits per heavy atom. The average molecular weight is 446 g/mol. The lowest BCUT2D eigenvalue weighted by molar-refractivity contribution is 0.0826. The highest BCUT2D eigenvalue weighted by Crippen LogP contribution is 2.48. The molecule has 2 aliphatic carbocycles. The third-order valence-corrected chi connectivity index (χ3v) is 7.57. The molecule has 0 N–H and O–H groups in total. The van der Waals surface area contributed by atoms with E-state index in [0.717, 1.165) is 34.1 Å². The molecule has 1 aromatic carbocycles. The summed E-state index contributed by atoms with van der Waals surface area (Å²) in [6, 6.07) is 3.21. The van der Waals surface area contributed by atoms with E-state index >= 15 is 0 Å². The SMILES string of the molecule is C[C@@H]1N=C(c2c(F)cccc2F)c2c(sc3c2C[C@@H](C(F)F)C3)-n2c(C3CC3)nnc21. The molecule has 3 heterocycles. The van der Waals surface area contributed by atoms with Crippen LogP contribution in [0.1, 0.15) is 64.9 Å². The van der Waals surface area contributed by atoms with E-state index < -0.39 is 30.0 Å². The lowest BCUT2D eigenvalue weighted by Crippen LogP contribution is -2.15. The fourth-order valence-corrected chi connectivity index (χ4v) is 6.09. The first-order valence-electron chi connectivity index (χ1n) is 10.3. The van der Waals surface area contributed by atoms with Gasteiger partial charge in [-0.3, -0.25) is 9.56 Å². The van der Waals surface area contributed by atoms with E-state index in [1.54, 1.807) is 0 Å². The maximum Gasteiger partial charge on any atom is 0.242 e. The molecule has 0 radical (unpaired) electrons. The molecule has 6 rings (SSSR count). The fourth-order valence-electron chi connectivity index (χ4n) is 4.65. The van der Waals surface area contributed by atoms with Crippen molar-refractivity contribution >= 4 is 17.0 Å². The van der Waals surface area contributed by atoms with Crippen LogP contribution in [0.5, 0.6) is 0 Å². The monoisotopic (exact) mass is 446 g/mol. The third-order valence-electron chi connectivity index (χ3n) is 6.33. The van der Waals surface area contributed by atoms with Crippen LogP contribution in [-0.4, -0.2) is 26.9 Å². The van der Waals surface area contributed by atoms with Crippen molar-refractivity contribution in [3.63, 3.8) is 0 Å². The standard InChI is InChI=1S/C22H18F4N4S/c1-9-20-28-29-21(10-5-6-10)30(20)22-16(12-7-11(19(25)26)8-15(12)31-22)18(27-9)17-13(23)3-2-4-14(17)24/h2-4,9-11,19H,5-8H2,1H3/t9-,11+/m0/s1. The van der Waals surface area contributed by atoms with E-state index in [-0.39, 0.29) is 24.1 Å². The van der Waals surface area contributed by atoms with E-state index in [1.807, 2.05) is 11.5 Å². The van der Waals surface area contributed by atoms with E-state index in [0.29, 0.717) is 17.3 Å². The first kappa shape index (κ1) is 19.2. The van der Waals surface area contributed by atoms with Crippen LogP contribution in [0.2, 0.25) is 0 Å². The maximum atomic E-state index is 14.9. The summed E-state index contributed by atoms with van der Waals surface area (Å²) in [5.41, 5.74) is 1.24. The lowest BCUT2D eigenvalue weighted by Gasteiger charge is -2.13. The molecule has 9 heteroatoms. The Morgan fingerprint density at radius 1 is 1.03 bits per heavy atom. The number of alkyl halides is 2. The largest absolute Gasteiger partial charge is 0.273 e. The molecule has 1 saturated carbocycles. The third kappa shape index (κ3) is 2.82. The number of halogens is 4. The number of benzene rings is 1. The number of hydrogen-bond acceptors (Lipinski definition) is 4. The number of nitrogens with zero attached hydrogens (tertiary/aromatic N) is 4. The van der Waals surface area contributed by atoms with Crippen LogP contribution < -0.4 is 0 Å². The molecule has 3 aliphatic rings. The highest BCUT2D eigenvalue weighted by molar-refractivity contribution is 7.15. The van der Waals surface area contributed by atoms with E-state index in [9.17, 15) is 17.6 Å². The van der Waals surface area contributed by atoms with Gasteiger partial charge in [0.25, 0.3) is 0 Å². The molecule has 0 unspecified atom stereocenters. The molecule has 160 valence electrons. The number of fused-ring (bicyclic) bond motifs is 5. The van der Waals surface area contributed by atoms with Crippen molar-refractivity contribution in [1.82, 2.24) is 14.8 Å². The summed E-state index contributed by atoms with van der Waals surface area (Å²) in [5, 5.41) is 9.49. The normalized spacial score (nSPS) is 22.2. The van der Waals surface area contributed by atoms with Crippen LogP contribution in [0.3, 0.4) is 0 Å². The van der Waals surface area contributed by atoms with Crippen molar-refractivity contribution in [3.05, 3.63) is 63.0 Å². The van der Waals surface area contributed by atoms with Crippen LogP contribution in [0.15, 0.2) is 23.2 Å². The van der Waals surface area contributed by atoms with Crippen molar-refractivity contribution in [2.75, 3.05) is 0 Å². The molecule has 2 atom stereocenters. The maximum absolute atomic E-state index is 14.9. The smallest absolute Gasteiger partial charge is 0.242 e. The molecule has 1 fully saturated rings. The van der Waals surface area contributed by atoms with Crippen molar-refractivity contribution in [3.8, 4) is 5.00 Å². The first-order chi connectivity index (χ1) is 14.9. The van der Waals surface area contributed by atoms with Crippen molar-refractivity contribution in [2.45, 2.75) is 51.0 Å². The zero-order chi connectivity index (χ0) is 21.4. The minimum Gasteiger partial charge on any atom is -0.273 e. The van der Waals surface area contributed by atoms with Gasteiger partial charge in [-0.25, -0.2) is 17.6 Å². The van der Waals surface area contributed by atoms with Gasteiger partial charge < -0.3 is 0 Å². The minimum absolute atomic E-state index is 0.165. The van der Waals surface area contributed by atoms with Crippen LogP contribution in [0.4, 0.5) is 17.6 Å². The molecule has 1 aliphatic heterocycles. The van der Waals surface area contributed by atoms with Gasteiger partial charge >= 0.3 is 0 Å². The van der Waals surface area contributed by atoms with Gasteiger partial charge in [-0.05, 0) is 50.3 Å². The topological polar surface area (TPSA) is 43.1 Å². The second-order valence-corrected chi connectivity index (χ2v) is 9.55. The van der Waals surface area contributed by atoms with E-state index in [2.05, 4.69) is 10.2 Å². The van der Waals surface area contributed by atoms with E-state index in [4.69, 9.17) is 4.99 Å². The zero-order valence-corrected chi connectivity index (χ0v) is 17.4. The number of aromatic nitrogens is 3. The Hall–Kier alpha value is -2.55. The summed E-state index contributed by atoms with van der Waals surface area (Å²) in [7, 11) is 0. The zero-order valence-electron chi connectivity index (χ0n) is 16.6. The first-order valence-corrected chi connectivity index (χ1v) is 11.2. The highest BCUT2D eigenvalue weighted by Gasteiger charge is 2.41. The summed E-state index contributed by atoms with van der Waals surface area (Å²) in [4.78, 5) is 5.53. The van der Waals surface area contributed by atoms with Gasteiger partial charge in [-0.2, -0.15) is 0 Å². The van der Waals surface area contributed by atoms with Gasteiger partial charge in [0, 0.05) is 22.3 Å². The Morgan fingerprint density at radius 3 is 2.42 bits per heavy atom. The molecule has 4 nitrogen and oxygen atoms in total. The Kier molecular flexibility index (Phi) is 4.15. The second kappa shape index (κ2) is 6.72. The van der Waals surface area contributed by atoms with Gasteiger partial charge in [-0.1, -0.05) is 6.07 Å². The molecule has 31 heavy (non-hydrogen) atoms. The van der Waals surface area contributed by atoms with Crippen molar-refractivity contribution in [1.29, 1.82) is 0 Å². The number of thiophene rings is 1. The molecular formula is C22H18F4N4S. The molecule has 0 amide bonds. The Bertz CT molecular complexity index is 1220. The molecule has 0 spiro atoms. The van der Waals surface area contributed by atoms with Gasteiger partial charge in [-0.15, -0.1) is 21.5 Å². The summed E-state index contributed by atoms with van der Waals surface area (Å²) in [6.45, 7) is 1.81. The van der Waals surface area contributed by atoms with Gasteiger partial charge in [0.15, 0.2) is 5.82 Å². The molecule has 0 saturated heterocycles. The summed E-state index contributed by atoms with van der Waals surface area (Å²) >= 11 is 1.40. The number of hydrogen-bond donors (Lipinski definition) is 0. The number of rotatable bonds is 3. The Balaban J connectivity index is 1.64. The highest BCUT2D eigenvalue weighted by atomic mass is 32.1.